The van der Waals surface area contributed by atoms with Crippen LogP contribution in [0, 0.1) is 6.92 Å². The van der Waals surface area contributed by atoms with Crippen LogP contribution in [-0.4, -0.2) is 34.6 Å². The number of hydrogen-bond donors (Lipinski definition) is 2. The van der Waals surface area contributed by atoms with Gasteiger partial charge in [0.15, 0.2) is 5.75 Å². The van der Waals surface area contributed by atoms with Gasteiger partial charge in [-0.2, -0.15) is 0 Å². The number of fused-ring (bicyclic) bond motifs is 1. The maximum Gasteiger partial charge on any atom is 0.244 e. The third-order valence-corrected chi connectivity index (χ3v) is 5.53. The van der Waals surface area contributed by atoms with Crippen molar-refractivity contribution in [1.82, 2.24) is 19.3 Å². The summed E-state index contributed by atoms with van der Waals surface area (Å²) in [4.78, 5) is 7.86. The van der Waals surface area contributed by atoms with Gasteiger partial charge in [0.1, 0.15) is 10.4 Å². The van der Waals surface area contributed by atoms with Gasteiger partial charge in [0.2, 0.25) is 10.0 Å². The summed E-state index contributed by atoms with van der Waals surface area (Å²) in [5.41, 5.74) is 0.827. The van der Waals surface area contributed by atoms with Gasteiger partial charge in [0, 0.05) is 36.6 Å². The Bertz CT molecular complexity index is 1000. The van der Waals surface area contributed by atoms with Gasteiger partial charge in [-0.25, -0.2) is 23.1 Å². The maximum atomic E-state index is 12.5. The SMILES string of the molecule is Cc1ccc2c(Cl)cc(S(=O)(=O)NCCCn3ccnc3)c(O)c2n1. The molecule has 2 N–H and O–H groups in total. The van der Waals surface area contributed by atoms with E-state index in [-0.39, 0.29) is 22.0 Å². The average Bonchev–Trinajstić information content (AvgIpc) is 3.08. The van der Waals surface area contributed by atoms with Crippen LogP contribution in [0.15, 0.2) is 41.8 Å². The number of phenolic OH excluding ortho intramolecular Hbond substituents is 1. The zero-order valence-electron chi connectivity index (χ0n) is 13.5. The Morgan fingerprint density at radius 3 is 2.88 bits per heavy atom. The van der Waals surface area contributed by atoms with Crippen molar-refractivity contribution < 1.29 is 13.5 Å². The summed E-state index contributed by atoms with van der Waals surface area (Å²) in [5.74, 6) is -0.398. The first kappa shape index (κ1) is 17.7. The summed E-state index contributed by atoms with van der Waals surface area (Å²) >= 11 is 6.17. The first-order valence-electron chi connectivity index (χ1n) is 7.63. The molecule has 0 unspecified atom stereocenters. The number of pyridine rings is 1. The van der Waals surface area contributed by atoms with E-state index < -0.39 is 15.8 Å². The van der Waals surface area contributed by atoms with Crippen molar-refractivity contribution in [3.05, 3.63) is 47.6 Å². The van der Waals surface area contributed by atoms with Crippen LogP contribution in [0.3, 0.4) is 0 Å². The summed E-state index contributed by atoms with van der Waals surface area (Å²) in [6, 6.07) is 4.69. The largest absolute Gasteiger partial charge is 0.504 e. The molecule has 7 nitrogen and oxygen atoms in total. The van der Waals surface area contributed by atoms with E-state index in [4.69, 9.17) is 11.6 Å². The number of phenols is 1. The second kappa shape index (κ2) is 6.99. The third-order valence-electron chi connectivity index (χ3n) is 3.74. The molecule has 132 valence electrons. The highest BCUT2D eigenvalue weighted by Crippen LogP contribution is 2.35. The smallest absolute Gasteiger partial charge is 0.244 e. The highest BCUT2D eigenvalue weighted by atomic mass is 35.5. The molecule has 3 aromatic rings. The fraction of sp³-hybridized carbons (Fsp3) is 0.250. The number of nitrogens with zero attached hydrogens (tertiary/aromatic N) is 3. The van der Waals surface area contributed by atoms with Crippen molar-refractivity contribution in [1.29, 1.82) is 0 Å². The molecule has 0 spiro atoms. The molecule has 1 aromatic carbocycles. The fourth-order valence-electron chi connectivity index (χ4n) is 2.48. The molecule has 0 bridgehead atoms. The lowest BCUT2D eigenvalue weighted by Gasteiger charge is -2.12. The molecular weight excluding hydrogens is 364 g/mol. The zero-order valence-corrected chi connectivity index (χ0v) is 15.0. The summed E-state index contributed by atoms with van der Waals surface area (Å²) in [6.45, 7) is 2.60. The molecule has 0 aliphatic rings. The molecular formula is C16H17ClN4O3S. The number of sulfonamides is 1. The first-order valence-corrected chi connectivity index (χ1v) is 9.49. The van der Waals surface area contributed by atoms with E-state index in [1.807, 2.05) is 4.57 Å². The van der Waals surface area contributed by atoms with Crippen molar-refractivity contribution in [3.63, 3.8) is 0 Å². The van der Waals surface area contributed by atoms with Crippen LogP contribution in [0.4, 0.5) is 0 Å². The van der Waals surface area contributed by atoms with Crippen LogP contribution in [0.2, 0.25) is 5.02 Å². The normalized spacial score (nSPS) is 11.9. The Balaban J connectivity index is 1.82. The quantitative estimate of drug-likeness (QED) is 0.640. The second-order valence-electron chi connectivity index (χ2n) is 5.61. The van der Waals surface area contributed by atoms with E-state index in [1.54, 1.807) is 37.8 Å². The lowest BCUT2D eigenvalue weighted by molar-refractivity contribution is 0.463. The Labute approximate surface area is 150 Å². The number of rotatable bonds is 6. The van der Waals surface area contributed by atoms with Crippen molar-refractivity contribution >= 4 is 32.5 Å². The number of hydrogen-bond acceptors (Lipinski definition) is 5. The Morgan fingerprint density at radius 1 is 1.36 bits per heavy atom. The third kappa shape index (κ3) is 3.76. The number of halogens is 1. The molecule has 0 saturated heterocycles. The van der Waals surface area contributed by atoms with Gasteiger partial charge in [0.05, 0.1) is 11.3 Å². The number of aromatic nitrogens is 3. The van der Waals surface area contributed by atoms with Gasteiger partial charge in [-0.3, -0.25) is 0 Å². The van der Waals surface area contributed by atoms with E-state index in [1.165, 1.54) is 6.07 Å². The summed E-state index contributed by atoms with van der Waals surface area (Å²) < 4.78 is 29.4. The molecule has 0 radical (unpaired) electrons. The molecule has 2 heterocycles. The van der Waals surface area contributed by atoms with Gasteiger partial charge in [-0.15, -0.1) is 0 Å². The molecule has 0 amide bonds. The van der Waals surface area contributed by atoms with Crippen molar-refractivity contribution in [3.8, 4) is 5.75 Å². The first-order chi connectivity index (χ1) is 11.9. The van der Waals surface area contributed by atoms with Crippen LogP contribution < -0.4 is 4.72 Å². The molecule has 2 aromatic heterocycles. The molecule has 25 heavy (non-hydrogen) atoms. The number of nitrogens with one attached hydrogen (secondary N) is 1. The highest BCUT2D eigenvalue weighted by molar-refractivity contribution is 7.89. The molecule has 9 heteroatoms. The maximum absolute atomic E-state index is 12.5. The van der Waals surface area contributed by atoms with Crippen LogP contribution in [0.5, 0.6) is 5.75 Å². The topological polar surface area (TPSA) is 97.1 Å². The van der Waals surface area contributed by atoms with Crippen LogP contribution in [0.1, 0.15) is 12.1 Å². The van der Waals surface area contributed by atoms with E-state index >= 15 is 0 Å². The van der Waals surface area contributed by atoms with Crippen molar-refractivity contribution in [2.45, 2.75) is 24.8 Å². The number of imidazole rings is 1. The molecule has 0 fully saturated rings. The van der Waals surface area contributed by atoms with Gasteiger partial charge in [-0.05, 0) is 31.5 Å². The van der Waals surface area contributed by atoms with E-state index in [0.717, 1.165) is 0 Å². The summed E-state index contributed by atoms with van der Waals surface area (Å²) in [5, 5.41) is 11.1. The van der Waals surface area contributed by atoms with E-state index in [0.29, 0.717) is 24.0 Å². The molecule has 0 atom stereocenters. The average molecular weight is 381 g/mol. The lowest BCUT2D eigenvalue weighted by Crippen LogP contribution is -2.25. The second-order valence-corrected chi connectivity index (χ2v) is 7.75. The van der Waals surface area contributed by atoms with Gasteiger partial charge in [0.25, 0.3) is 0 Å². The molecule has 3 rings (SSSR count). The Hall–Kier alpha value is -2.16. The van der Waals surface area contributed by atoms with Gasteiger partial charge >= 0.3 is 0 Å². The predicted molar refractivity (Wildman–Crippen MR) is 95.2 cm³/mol. The van der Waals surface area contributed by atoms with Crippen LogP contribution in [-0.2, 0) is 16.6 Å². The Morgan fingerprint density at radius 2 is 2.16 bits per heavy atom. The Kier molecular flexibility index (Phi) is 4.94. The zero-order chi connectivity index (χ0) is 18.0. The molecule has 0 saturated carbocycles. The minimum atomic E-state index is -3.91. The van der Waals surface area contributed by atoms with Crippen LogP contribution >= 0.6 is 11.6 Å². The number of aryl methyl sites for hydroxylation is 2. The molecule has 0 aliphatic heterocycles. The van der Waals surface area contributed by atoms with Gasteiger partial charge < -0.3 is 9.67 Å². The van der Waals surface area contributed by atoms with Gasteiger partial charge in [-0.1, -0.05) is 11.6 Å². The van der Waals surface area contributed by atoms with E-state index in [9.17, 15) is 13.5 Å². The highest BCUT2D eigenvalue weighted by Gasteiger charge is 2.22. The monoisotopic (exact) mass is 380 g/mol. The minimum absolute atomic E-state index is 0.172. The standard InChI is InChI=1S/C16H17ClN4O3S/c1-11-3-4-12-13(17)9-14(16(22)15(12)20-11)25(23,24)19-5-2-7-21-8-6-18-10-21/h3-4,6,8-10,19,22H,2,5,7H2,1H3. The summed E-state index contributed by atoms with van der Waals surface area (Å²) in [7, 11) is -3.91. The predicted octanol–water partition coefficient (Wildman–Crippen LogP) is 2.47. The van der Waals surface area contributed by atoms with Crippen molar-refractivity contribution in [2.24, 2.45) is 0 Å². The summed E-state index contributed by atoms with van der Waals surface area (Å²) in [6.07, 6.45) is 5.71. The minimum Gasteiger partial charge on any atom is -0.504 e. The number of benzene rings is 1. The van der Waals surface area contributed by atoms with Crippen molar-refractivity contribution in [2.75, 3.05) is 6.54 Å². The van der Waals surface area contributed by atoms with E-state index in [2.05, 4.69) is 14.7 Å². The molecule has 0 aliphatic carbocycles. The number of aromatic hydroxyl groups is 1. The lowest BCUT2D eigenvalue weighted by atomic mass is 10.2. The fourth-order valence-corrected chi connectivity index (χ4v) is 4.00. The van der Waals surface area contributed by atoms with Crippen LogP contribution in [0.25, 0.3) is 10.9 Å².